The number of hydrogen-bond donors (Lipinski definition) is 2. The molecule has 0 aliphatic heterocycles. The number of benzene rings is 1. The van der Waals surface area contributed by atoms with Crippen molar-refractivity contribution in [3.8, 4) is 17.3 Å². The van der Waals surface area contributed by atoms with E-state index in [0.29, 0.717) is 24.4 Å². The number of primary amides is 1. The molecule has 37 heavy (non-hydrogen) atoms. The molecule has 4 aromatic rings. The molecule has 1 amide bonds. The van der Waals surface area contributed by atoms with Gasteiger partial charge in [0.05, 0.1) is 22.5 Å². The zero-order valence-electron chi connectivity index (χ0n) is 19.4. The van der Waals surface area contributed by atoms with Gasteiger partial charge in [-0.1, -0.05) is 6.92 Å². The number of rotatable bonds is 7. The Bertz CT molecular complexity index is 1590. The number of carbonyl (C=O) groups excluding carboxylic acids is 1. The second kappa shape index (κ2) is 9.52. The molecule has 1 unspecified atom stereocenters. The van der Waals surface area contributed by atoms with Crippen molar-refractivity contribution < 1.29 is 30.8 Å². The van der Waals surface area contributed by atoms with Gasteiger partial charge in [-0.25, -0.2) is 22.8 Å². The first-order valence-electron chi connectivity index (χ1n) is 10.8. The maximum atomic E-state index is 14.7. The van der Waals surface area contributed by atoms with E-state index in [1.54, 1.807) is 17.7 Å². The number of nitrogens with one attached hydrogen (secondary N) is 1. The molecule has 0 aliphatic rings. The minimum atomic E-state index is -4.79. The molecule has 0 aliphatic carbocycles. The molecule has 194 valence electrons. The zero-order valence-corrected chi connectivity index (χ0v) is 20.2. The molecule has 9 nitrogen and oxygen atoms in total. The van der Waals surface area contributed by atoms with Crippen LogP contribution in [-0.2, 0) is 16.4 Å². The van der Waals surface area contributed by atoms with Gasteiger partial charge in [-0.3, -0.25) is 14.3 Å². The summed E-state index contributed by atoms with van der Waals surface area (Å²) in [5.41, 5.74) is 6.34. The average molecular weight is 537 g/mol. The fraction of sp³-hybridized carbons (Fsp3) is 0.217. The maximum Gasteiger partial charge on any atom is 0.404 e. The predicted octanol–water partition coefficient (Wildman–Crippen LogP) is 3.51. The zero-order chi connectivity index (χ0) is 27.1. The summed E-state index contributed by atoms with van der Waals surface area (Å²) >= 11 is 0. The highest BCUT2D eigenvalue weighted by Crippen LogP contribution is 2.36. The molecule has 0 fully saturated rings. The Morgan fingerprint density at radius 1 is 1.16 bits per heavy atom. The van der Waals surface area contributed by atoms with Crippen LogP contribution in [0.1, 0.15) is 29.8 Å². The summed E-state index contributed by atoms with van der Waals surface area (Å²) < 4.78 is 81.2. The average Bonchev–Trinajstić information content (AvgIpc) is 3.17. The molecular formula is C23H20F4N6O3S. The third kappa shape index (κ3) is 4.89. The van der Waals surface area contributed by atoms with Crippen LogP contribution in [0.15, 0.2) is 53.8 Å². The van der Waals surface area contributed by atoms with Crippen LogP contribution < -0.4 is 10.5 Å². The molecule has 0 saturated heterocycles. The van der Waals surface area contributed by atoms with Crippen LogP contribution in [-0.4, -0.2) is 46.1 Å². The van der Waals surface area contributed by atoms with Crippen LogP contribution >= 0.6 is 0 Å². The highest BCUT2D eigenvalue weighted by Gasteiger charge is 2.39. The van der Waals surface area contributed by atoms with Gasteiger partial charge in [-0.15, -0.1) is 0 Å². The number of sulfonamides is 1. The standard InChI is InChI=1S/C23H20F4N6O3S/c1-3-13-9-18-15(10-16(13)24)19(21(28)34)20(33(18)22-29-7-4-8-30-22)17-6-5-14(11-31-17)37(35,36)32-12(2)23(25,26)27/h4-12,32H,3H2,1-2H3,(H2,28,34). The fourth-order valence-corrected chi connectivity index (χ4v) is 4.95. The predicted molar refractivity (Wildman–Crippen MR) is 126 cm³/mol. The van der Waals surface area contributed by atoms with Crippen molar-refractivity contribution in [1.82, 2.24) is 24.2 Å². The van der Waals surface area contributed by atoms with Crippen molar-refractivity contribution in [2.24, 2.45) is 5.73 Å². The van der Waals surface area contributed by atoms with Gasteiger partial charge < -0.3 is 5.73 Å². The Morgan fingerprint density at radius 2 is 1.84 bits per heavy atom. The maximum absolute atomic E-state index is 14.7. The van der Waals surface area contributed by atoms with Crippen LogP contribution in [0.4, 0.5) is 17.6 Å². The van der Waals surface area contributed by atoms with Crippen LogP contribution in [0.25, 0.3) is 28.2 Å². The summed E-state index contributed by atoms with van der Waals surface area (Å²) in [6, 6.07) is 4.15. The fourth-order valence-electron chi connectivity index (χ4n) is 3.77. The second-order valence-electron chi connectivity index (χ2n) is 8.05. The SMILES string of the molecule is CCc1cc2c(cc1F)c(C(N)=O)c(-c1ccc(S(=O)(=O)NC(C)C(F)(F)F)cn1)n2-c1ncccn1. The van der Waals surface area contributed by atoms with Gasteiger partial charge in [0.2, 0.25) is 16.0 Å². The molecule has 1 aromatic carbocycles. The van der Waals surface area contributed by atoms with E-state index in [2.05, 4.69) is 15.0 Å². The molecule has 4 rings (SSSR count). The minimum absolute atomic E-state index is 0.0266. The summed E-state index contributed by atoms with van der Waals surface area (Å²) in [6.45, 7) is 2.42. The van der Waals surface area contributed by atoms with E-state index < -0.39 is 38.9 Å². The van der Waals surface area contributed by atoms with Crippen LogP contribution in [0, 0.1) is 5.82 Å². The molecule has 1 atom stereocenters. The van der Waals surface area contributed by atoms with Crippen LogP contribution in [0.5, 0.6) is 0 Å². The smallest absolute Gasteiger partial charge is 0.366 e. The number of amides is 1. The number of carbonyl (C=O) groups is 1. The topological polar surface area (TPSA) is 133 Å². The number of halogens is 4. The van der Waals surface area contributed by atoms with Gasteiger partial charge in [0, 0.05) is 24.0 Å². The molecule has 3 heterocycles. The number of fused-ring (bicyclic) bond motifs is 1. The first-order valence-corrected chi connectivity index (χ1v) is 12.3. The number of nitrogens with two attached hydrogens (primary N) is 1. The summed E-state index contributed by atoms with van der Waals surface area (Å²) in [5.74, 6) is -1.38. The van der Waals surface area contributed by atoms with Crippen LogP contribution in [0.2, 0.25) is 0 Å². The van der Waals surface area contributed by atoms with Crippen molar-refractivity contribution in [2.75, 3.05) is 0 Å². The Kier molecular flexibility index (Phi) is 6.73. The van der Waals surface area contributed by atoms with Gasteiger partial charge in [0.15, 0.2) is 0 Å². The number of pyridine rings is 1. The Hall–Kier alpha value is -3.91. The lowest BCUT2D eigenvalue weighted by atomic mass is 10.0. The molecule has 14 heteroatoms. The first kappa shape index (κ1) is 26.2. The van der Waals surface area contributed by atoms with E-state index in [1.807, 2.05) is 0 Å². The largest absolute Gasteiger partial charge is 0.404 e. The Balaban J connectivity index is 1.95. The van der Waals surface area contributed by atoms with Gasteiger partial charge in [-0.2, -0.15) is 17.9 Å². The van der Waals surface area contributed by atoms with Gasteiger partial charge in [0.25, 0.3) is 5.91 Å². The number of aromatic nitrogens is 4. The lowest BCUT2D eigenvalue weighted by Crippen LogP contribution is -2.42. The highest BCUT2D eigenvalue weighted by molar-refractivity contribution is 7.89. The molecule has 0 spiro atoms. The Labute approximate surface area is 208 Å². The van der Waals surface area contributed by atoms with E-state index in [0.717, 1.165) is 12.3 Å². The normalized spacial score (nSPS) is 13.1. The lowest BCUT2D eigenvalue weighted by Gasteiger charge is -2.17. The summed E-state index contributed by atoms with van der Waals surface area (Å²) in [4.78, 5) is 24.6. The van der Waals surface area contributed by atoms with E-state index in [9.17, 15) is 30.8 Å². The number of nitrogens with zero attached hydrogens (tertiary/aromatic N) is 4. The van der Waals surface area contributed by atoms with Crippen molar-refractivity contribution in [3.63, 3.8) is 0 Å². The minimum Gasteiger partial charge on any atom is -0.366 e. The van der Waals surface area contributed by atoms with E-state index >= 15 is 0 Å². The van der Waals surface area contributed by atoms with E-state index in [4.69, 9.17) is 5.73 Å². The number of alkyl halides is 3. The Morgan fingerprint density at radius 3 is 2.38 bits per heavy atom. The molecule has 0 bridgehead atoms. The monoisotopic (exact) mass is 536 g/mol. The van der Waals surface area contributed by atoms with Crippen molar-refractivity contribution >= 4 is 26.8 Å². The summed E-state index contributed by atoms with van der Waals surface area (Å²) in [5, 5.41) is 0.156. The van der Waals surface area contributed by atoms with E-state index in [1.165, 1.54) is 35.2 Å². The molecule has 3 N–H and O–H groups in total. The van der Waals surface area contributed by atoms with Gasteiger partial charge in [-0.05, 0) is 49.2 Å². The van der Waals surface area contributed by atoms with Crippen LogP contribution in [0.3, 0.4) is 0 Å². The van der Waals surface area contributed by atoms with Gasteiger partial charge in [0.1, 0.15) is 16.8 Å². The second-order valence-corrected chi connectivity index (χ2v) is 9.76. The molecule has 0 saturated carbocycles. The third-order valence-electron chi connectivity index (χ3n) is 5.63. The lowest BCUT2D eigenvalue weighted by molar-refractivity contribution is -0.147. The molecule has 0 radical (unpaired) electrons. The first-order chi connectivity index (χ1) is 17.3. The summed E-state index contributed by atoms with van der Waals surface area (Å²) in [6.07, 6.45) is -0.707. The number of hydrogen-bond acceptors (Lipinski definition) is 6. The third-order valence-corrected chi connectivity index (χ3v) is 7.15. The van der Waals surface area contributed by atoms with Crippen molar-refractivity contribution in [2.45, 2.75) is 37.4 Å². The highest BCUT2D eigenvalue weighted by atomic mass is 32.2. The van der Waals surface area contributed by atoms with Crippen molar-refractivity contribution in [3.05, 3.63) is 65.9 Å². The quantitative estimate of drug-likeness (QED) is 0.348. The van der Waals surface area contributed by atoms with Gasteiger partial charge >= 0.3 is 6.18 Å². The summed E-state index contributed by atoms with van der Waals surface area (Å²) in [7, 11) is -4.57. The van der Waals surface area contributed by atoms with E-state index in [-0.39, 0.29) is 28.3 Å². The van der Waals surface area contributed by atoms with Crippen molar-refractivity contribution in [1.29, 1.82) is 0 Å². The molecule has 3 aromatic heterocycles. The molecular weight excluding hydrogens is 516 g/mol. The number of aryl methyl sites for hydroxylation is 1.